The molecule has 30 heavy (non-hydrogen) atoms. The standard InChI is InChI=1S/C21H25FN6O2/c1-27(2)12-13-30-18-5-3-4-17-19(18)20(24-21(29)16-10-11-23-25-16)26-28(17)15-8-6-14(22)7-9-15/h3-9,16,23,25H,10-13H2,1-2H3,(H,24,26,29). The van der Waals surface area contributed by atoms with Crippen LogP contribution in [0.4, 0.5) is 10.2 Å². The molecule has 1 amide bonds. The molecule has 4 rings (SSSR count). The maximum absolute atomic E-state index is 13.4. The maximum Gasteiger partial charge on any atom is 0.244 e. The zero-order valence-electron chi connectivity index (χ0n) is 17.0. The topological polar surface area (TPSA) is 83.4 Å². The van der Waals surface area contributed by atoms with Crippen LogP contribution in [0.3, 0.4) is 0 Å². The van der Waals surface area contributed by atoms with Gasteiger partial charge < -0.3 is 15.0 Å². The van der Waals surface area contributed by atoms with Gasteiger partial charge in [0.05, 0.1) is 16.6 Å². The number of fused-ring (bicyclic) bond motifs is 1. The highest BCUT2D eigenvalue weighted by atomic mass is 19.1. The molecule has 8 nitrogen and oxygen atoms in total. The van der Waals surface area contributed by atoms with Crippen LogP contribution >= 0.6 is 0 Å². The summed E-state index contributed by atoms with van der Waals surface area (Å²) in [5.41, 5.74) is 7.37. The molecule has 0 spiro atoms. The van der Waals surface area contributed by atoms with Crippen LogP contribution in [-0.4, -0.2) is 60.4 Å². The van der Waals surface area contributed by atoms with Crippen molar-refractivity contribution in [1.29, 1.82) is 0 Å². The van der Waals surface area contributed by atoms with Crippen molar-refractivity contribution in [1.82, 2.24) is 25.5 Å². The number of carbonyl (C=O) groups excluding carboxylic acids is 1. The fourth-order valence-electron chi connectivity index (χ4n) is 3.35. The second-order valence-corrected chi connectivity index (χ2v) is 7.44. The lowest BCUT2D eigenvalue weighted by molar-refractivity contribution is -0.117. The number of carbonyl (C=O) groups is 1. The number of anilines is 1. The normalized spacial score (nSPS) is 16.3. The van der Waals surface area contributed by atoms with Crippen LogP contribution in [0.2, 0.25) is 0 Å². The Morgan fingerprint density at radius 2 is 2.10 bits per heavy atom. The molecule has 1 atom stereocenters. The van der Waals surface area contributed by atoms with Crippen LogP contribution < -0.4 is 20.9 Å². The number of ether oxygens (including phenoxy) is 1. The number of amides is 1. The Morgan fingerprint density at radius 3 is 2.80 bits per heavy atom. The summed E-state index contributed by atoms with van der Waals surface area (Å²) < 4.78 is 21.1. The fraction of sp³-hybridized carbons (Fsp3) is 0.333. The zero-order valence-corrected chi connectivity index (χ0v) is 17.0. The maximum atomic E-state index is 13.4. The van der Waals surface area contributed by atoms with E-state index in [4.69, 9.17) is 4.74 Å². The predicted octanol–water partition coefficient (Wildman–Crippen LogP) is 1.91. The van der Waals surface area contributed by atoms with Crippen LogP contribution in [0.1, 0.15) is 6.42 Å². The van der Waals surface area contributed by atoms with Gasteiger partial charge in [-0.3, -0.25) is 10.2 Å². The zero-order chi connectivity index (χ0) is 21.1. The molecule has 3 aromatic rings. The van der Waals surface area contributed by atoms with Crippen LogP contribution in [0, 0.1) is 5.82 Å². The average Bonchev–Trinajstić information content (AvgIpc) is 3.38. The number of rotatable bonds is 7. The van der Waals surface area contributed by atoms with E-state index in [2.05, 4.69) is 21.3 Å². The number of hydrazine groups is 1. The van der Waals surface area contributed by atoms with Gasteiger partial charge in [-0.25, -0.2) is 14.5 Å². The predicted molar refractivity (Wildman–Crippen MR) is 113 cm³/mol. The van der Waals surface area contributed by atoms with Gasteiger partial charge in [-0.1, -0.05) is 6.07 Å². The summed E-state index contributed by atoms with van der Waals surface area (Å²) in [6.07, 6.45) is 0.689. The summed E-state index contributed by atoms with van der Waals surface area (Å²) in [4.78, 5) is 14.7. The van der Waals surface area contributed by atoms with Crippen molar-refractivity contribution in [3.63, 3.8) is 0 Å². The molecule has 2 heterocycles. The summed E-state index contributed by atoms with van der Waals surface area (Å²) in [5, 5.41) is 8.27. The smallest absolute Gasteiger partial charge is 0.244 e. The van der Waals surface area contributed by atoms with E-state index in [0.717, 1.165) is 18.6 Å². The SMILES string of the molecule is CN(C)CCOc1cccc2c1c(NC(=O)C1CCNN1)nn2-c1ccc(F)cc1. The van der Waals surface area contributed by atoms with E-state index in [1.54, 1.807) is 16.8 Å². The Labute approximate surface area is 174 Å². The summed E-state index contributed by atoms with van der Waals surface area (Å²) in [7, 11) is 3.95. The second kappa shape index (κ2) is 8.78. The highest BCUT2D eigenvalue weighted by Crippen LogP contribution is 2.34. The van der Waals surface area contributed by atoms with E-state index in [-0.39, 0.29) is 17.8 Å². The van der Waals surface area contributed by atoms with Gasteiger partial charge in [0.15, 0.2) is 5.82 Å². The Hall–Kier alpha value is -3.01. The summed E-state index contributed by atoms with van der Waals surface area (Å²) in [6.45, 7) is 1.97. The third kappa shape index (κ3) is 4.28. The Bertz CT molecular complexity index is 1030. The molecule has 0 radical (unpaired) electrons. The van der Waals surface area contributed by atoms with E-state index in [9.17, 15) is 9.18 Å². The van der Waals surface area contributed by atoms with Crippen molar-refractivity contribution in [2.24, 2.45) is 0 Å². The van der Waals surface area contributed by atoms with Crippen LogP contribution in [0.15, 0.2) is 42.5 Å². The lowest BCUT2D eigenvalue weighted by Crippen LogP contribution is -2.39. The van der Waals surface area contributed by atoms with Crippen molar-refractivity contribution in [3.05, 3.63) is 48.3 Å². The number of halogens is 1. The van der Waals surface area contributed by atoms with Crippen LogP contribution in [0.5, 0.6) is 5.75 Å². The number of hydrogen-bond acceptors (Lipinski definition) is 6. The molecule has 0 saturated carbocycles. The lowest BCUT2D eigenvalue weighted by Gasteiger charge is -2.13. The molecule has 1 aliphatic rings. The number of hydrogen-bond donors (Lipinski definition) is 3. The van der Waals surface area contributed by atoms with E-state index >= 15 is 0 Å². The molecule has 9 heteroatoms. The van der Waals surface area contributed by atoms with Gasteiger partial charge >= 0.3 is 0 Å². The molecule has 1 unspecified atom stereocenters. The molecule has 3 N–H and O–H groups in total. The Balaban J connectivity index is 1.74. The first-order valence-corrected chi connectivity index (χ1v) is 9.87. The lowest BCUT2D eigenvalue weighted by atomic mass is 10.2. The highest BCUT2D eigenvalue weighted by Gasteiger charge is 2.25. The first kappa shape index (κ1) is 20.3. The minimum absolute atomic E-state index is 0.172. The molecular weight excluding hydrogens is 387 g/mol. The van der Waals surface area contributed by atoms with Crippen molar-refractivity contribution < 1.29 is 13.9 Å². The summed E-state index contributed by atoms with van der Waals surface area (Å²) in [5.74, 6) is 0.550. The van der Waals surface area contributed by atoms with Gasteiger partial charge in [0.2, 0.25) is 5.91 Å². The van der Waals surface area contributed by atoms with Gasteiger partial charge in [0.1, 0.15) is 24.2 Å². The number of nitrogens with one attached hydrogen (secondary N) is 3. The van der Waals surface area contributed by atoms with Crippen molar-refractivity contribution in [2.45, 2.75) is 12.5 Å². The third-order valence-corrected chi connectivity index (χ3v) is 4.93. The molecule has 0 aliphatic carbocycles. The molecular formula is C21H25FN6O2. The second-order valence-electron chi connectivity index (χ2n) is 7.44. The number of benzene rings is 2. The minimum Gasteiger partial charge on any atom is -0.491 e. The largest absolute Gasteiger partial charge is 0.491 e. The molecule has 2 aromatic carbocycles. The highest BCUT2D eigenvalue weighted by molar-refractivity contribution is 6.04. The monoisotopic (exact) mass is 412 g/mol. The van der Waals surface area contributed by atoms with Gasteiger partial charge in [0.25, 0.3) is 0 Å². The van der Waals surface area contributed by atoms with Crippen LogP contribution in [-0.2, 0) is 4.79 Å². The quantitative estimate of drug-likeness (QED) is 0.550. The van der Waals surface area contributed by atoms with Crippen molar-refractivity contribution in [2.75, 3.05) is 39.1 Å². The summed E-state index contributed by atoms with van der Waals surface area (Å²) >= 11 is 0. The van der Waals surface area contributed by atoms with Crippen LogP contribution in [0.25, 0.3) is 16.6 Å². The Kier molecular flexibility index (Phi) is 5.93. The fourth-order valence-corrected chi connectivity index (χ4v) is 3.35. The van der Waals surface area contributed by atoms with E-state index < -0.39 is 0 Å². The Morgan fingerprint density at radius 1 is 1.30 bits per heavy atom. The third-order valence-electron chi connectivity index (χ3n) is 4.93. The molecule has 1 aromatic heterocycles. The van der Waals surface area contributed by atoms with E-state index in [0.29, 0.717) is 35.7 Å². The van der Waals surface area contributed by atoms with Gasteiger partial charge in [-0.05, 0) is 56.9 Å². The first-order chi connectivity index (χ1) is 14.5. The number of nitrogens with zero attached hydrogens (tertiary/aromatic N) is 3. The number of aromatic nitrogens is 2. The van der Waals surface area contributed by atoms with E-state index in [1.165, 1.54) is 12.1 Å². The summed E-state index contributed by atoms with van der Waals surface area (Å²) in [6, 6.07) is 11.4. The molecule has 1 saturated heterocycles. The van der Waals surface area contributed by atoms with E-state index in [1.807, 2.05) is 37.2 Å². The van der Waals surface area contributed by atoms with Gasteiger partial charge in [-0.15, -0.1) is 5.10 Å². The minimum atomic E-state index is -0.335. The molecule has 1 fully saturated rings. The van der Waals surface area contributed by atoms with Gasteiger partial charge in [0, 0.05) is 13.1 Å². The van der Waals surface area contributed by atoms with Gasteiger partial charge in [-0.2, -0.15) is 0 Å². The van der Waals surface area contributed by atoms with Crippen molar-refractivity contribution >= 4 is 22.6 Å². The average molecular weight is 412 g/mol. The van der Waals surface area contributed by atoms with Crippen molar-refractivity contribution in [3.8, 4) is 11.4 Å². The number of likely N-dealkylation sites (N-methyl/N-ethyl adjacent to an activating group) is 1. The molecule has 158 valence electrons. The molecule has 0 bridgehead atoms. The first-order valence-electron chi connectivity index (χ1n) is 9.87. The molecule has 1 aliphatic heterocycles.